The highest BCUT2D eigenvalue weighted by Gasteiger charge is 2.10. The summed E-state index contributed by atoms with van der Waals surface area (Å²) in [5.74, 6) is 0.561. The molecule has 2 rings (SSSR count). The van der Waals surface area contributed by atoms with Gasteiger partial charge in [-0.05, 0) is 12.1 Å². The summed E-state index contributed by atoms with van der Waals surface area (Å²) >= 11 is 11.8. The second-order valence-corrected chi connectivity index (χ2v) is 3.50. The lowest BCUT2D eigenvalue weighted by molar-refractivity contribution is -0.107. The highest BCUT2D eigenvalue weighted by molar-refractivity contribution is 6.33. The van der Waals surface area contributed by atoms with Gasteiger partial charge in [0, 0.05) is 0 Å². The Bertz CT molecular complexity index is 493. The van der Waals surface area contributed by atoms with Crippen LogP contribution in [0.2, 0.25) is 10.3 Å². The van der Waals surface area contributed by atoms with Crippen molar-refractivity contribution in [3.63, 3.8) is 0 Å². The van der Waals surface area contributed by atoms with Gasteiger partial charge in [-0.2, -0.15) is 0 Å². The van der Waals surface area contributed by atoms with E-state index in [1.165, 1.54) is 0 Å². The Morgan fingerprint density at radius 1 is 1.43 bits per heavy atom. The van der Waals surface area contributed by atoms with E-state index in [-0.39, 0.29) is 6.42 Å². The van der Waals surface area contributed by atoms with Crippen LogP contribution in [0.4, 0.5) is 0 Å². The van der Waals surface area contributed by atoms with Crippen LogP contribution in [0.3, 0.4) is 0 Å². The average molecular weight is 229 g/mol. The van der Waals surface area contributed by atoms with Gasteiger partial charge in [0.05, 0.1) is 11.9 Å². The number of nitrogens with zero attached hydrogens (tertiary/aromatic N) is 2. The van der Waals surface area contributed by atoms with E-state index in [1.807, 2.05) is 0 Å². The number of carbonyl (C=O) groups is 1. The van der Waals surface area contributed by atoms with E-state index in [1.54, 1.807) is 22.6 Å². The van der Waals surface area contributed by atoms with E-state index in [4.69, 9.17) is 23.2 Å². The highest BCUT2D eigenvalue weighted by atomic mass is 35.5. The molecule has 0 spiro atoms. The van der Waals surface area contributed by atoms with Gasteiger partial charge in [0.15, 0.2) is 5.15 Å². The second-order valence-electron chi connectivity index (χ2n) is 2.76. The number of carbonyl (C=O) groups excluding carboxylic acids is 1. The first-order valence-electron chi connectivity index (χ1n) is 3.99. The average Bonchev–Trinajstić information content (AvgIpc) is 2.46. The molecule has 72 valence electrons. The van der Waals surface area contributed by atoms with Gasteiger partial charge in [-0.25, -0.2) is 4.98 Å². The summed E-state index contributed by atoms with van der Waals surface area (Å²) in [5, 5.41) is 0.864. The van der Waals surface area contributed by atoms with Gasteiger partial charge in [0.1, 0.15) is 17.3 Å². The van der Waals surface area contributed by atoms with Crippen molar-refractivity contribution in [3.8, 4) is 0 Å². The van der Waals surface area contributed by atoms with Crippen LogP contribution in [-0.2, 0) is 11.2 Å². The summed E-state index contributed by atoms with van der Waals surface area (Å²) in [6.07, 6.45) is 0.978. The van der Waals surface area contributed by atoms with Gasteiger partial charge in [0.2, 0.25) is 0 Å². The van der Waals surface area contributed by atoms with Crippen LogP contribution in [-0.4, -0.2) is 15.7 Å². The molecule has 0 aromatic carbocycles. The molecule has 0 atom stereocenters. The Hall–Kier alpha value is -1.06. The zero-order valence-electron chi connectivity index (χ0n) is 7.08. The number of rotatable bonds is 2. The van der Waals surface area contributed by atoms with Crippen LogP contribution < -0.4 is 0 Å². The number of hydrogen-bond donors (Lipinski definition) is 0. The Morgan fingerprint density at radius 3 is 2.93 bits per heavy atom. The minimum absolute atomic E-state index is 0.206. The van der Waals surface area contributed by atoms with E-state index in [0.29, 0.717) is 16.1 Å². The van der Waals surface area contributed by atoms with E-state index < -0.39 is 0 Å². The number of aldehydes is 1. The number of halogens is 2. The van der Waals surface area contributed by atoms with E-state index >= 15 is 0 Å². The van der Waals surface area contributed by atoms with Gasteiger partial charge in [-0.3, -0.25) is 4.40 Å². The SMILES string of the molecule is O=CCc1nc(Cl)c2cccc(Cl)n12. The van der Waals surface area contributed by atoms with E-state index in [0.717, 1.165) is 11.8 Å². The Balaban J connectivity index is 2.78. The van der Waals surface area contributed by atoms with Gasteiger partial charge < -0.3 is 4.79 Å². The molecular weight excluding hydrogens is 223 g/mol. The fourth-order valence-corrected chi connectivity index (χ4v) is 1.84. The van der Waals surface area contributed by atoms with Crippen molar-refractivity contribution in [2.24, 2.45) is 0 Å². The maximum absolute atomic E-state index is 10.4. The quantitative estimate of drug-likeness (QED) is 0.585. The fraction of sp³-hybridized carbons (Fsp3) is 0.111. The lowest BCUT2D eigenvalue weighted by Crippen LogP contribution is -1.96. The standard InChI is InChI=1S/C9H6Cl2N2O/c10-7-3-1-2-6-9(11)12-8(4-5-14)13(6)7/h1-3,5H,4H2. The monoisotopic (exact) mass is 228 g/mol. The third-order valence-electron chi connectivity index (χ3n) is 1.90. The van der Waals surface area contributed by atoms with Crippen molar-refractivity contribution >= 4 is 35.0 Å². The molecule has 0 fully saturated rings. The topological polar surface area (TPSA) is 34.4 Å². The predicted molar refractivity (Wildman–Crippen MR) is 55.0 cm³/mol. The Morgan fingerprint density at radius 2 is 2.21 bits per heavy atom. The first kappa shape index (κ1) is 9.49. The van der Waals surface area contributed by atoms with Crippen molar-refractivity contribution in [1.29, 1.82) is 0 Å². The third kappa shape index (κ3) is 1.38. The first-order chi connectivity index (χ1) is 6.74. The highest BCUT2D eigenvalue weighted by Crippen LogP contribution is 2.22. The normalized spacial score (nSPS) is 10.7. The minimum atomic E-state index is 0.206. The molecule has 5 heteroatoms. The van der Waals surface area contributed by atoms with Crippen molar-refractivity contribution in [3.05, 3.63) is 34.3 Å². The zero-order valence-corrected chi connectivity index (χ0v) is 8.59. The van der Waals surface area contributed by atoms with Crippen LogP contribution in [0.5, 0.6) is 0 Å². The van der Waals surface area contributed by atoms with Crippen molar-refractivity contribution in [1.82, 2.24) is 9.38 Å². The molecule has 0 radical (unpaired) electrons. The summed E-state index contributed by atoms with van der Waals surface area (Å²) < 4.78 is 1.66. The van der Waals surface area contributed by atoms with Gasteiger partial charge in [-0.1, -0.05) is 29.3 Å². The predicted octanol–water partition coefficient (Wildman–Crippen LogP) is 2.38. The fourth-order valence-electron chi connectivity index (χ4n) is 1.34. The zero-order chi connectivity index (χ0) is 10.1. The lowest BCUT2D eigenvalue weighted by atomic mass is 10.4. The first-order valence-corrected chi connectivity index (χ1v) is 4.74. The summed E-state index contributed by atoms with van der Waals surface area (Å²) in [6, 6.07) is 5.31. The smallest absolute Gasteiger partial charge is 0.155 e. The molecule has 0 aliphatic rings. The molecule has 2 heterocycles. The molecule has 14 heavy (non-hydrogen) atoms. The number of imidazole rings is 1. The molecule has 0 N–H and O–H groups in total. The van der Waals surface area contributed by atoms with Crippen molar-refractivity contribution in [2.75, 3.05) is 0 Å². The molecular formula is C9H6Cl2N2O. The number of aromatic nitrogens is 2. The number of hydrogen-bond acceptors (Lipinski definition) is 2. The number of fused-ring (bicyclic) bond motifs is 1. The van der Waals surface area contributed by atoms with Crippen LogP contribution in [0.1, 0.15) is 5.82 Å². The molecule has 0 bridgehead atoms. The van der Waals surface area contributed by atoms with Gasteiger partial charge in [-0.15, -0.1) is 0 Å². The van der Waals surface area contributed by atoms with Crippen LogP contribution in [0, 0.1) is 0 Å². The molecule has 2 aromatic rings. The Labute approximate surface area is 90.3 Å². The molecule has 0 saturated heterocycles. The molecule has 0 saturated carbocycles. The van der Waals surface area contributed by atoms with Gasteiger partial charge in [0.25, 0.3) is 0 Å². The molecule has 0 unspecified atom stereocenters. The molecule has 0 aliphatic heterocycles. The van der Waals surface area contributed by atoms with Crippen LogP contribution >= 0.6 is 23.2 Å². The van der Waals surface area contributed by atoms with E-state index in [2.05, 4.69) is 4.98 Å². The maximum Gasteiger partial charge on any atom is 0.155 e. The largest absolute Gasteiger partial charge is 0.303 e. The van der Waals surface area contributed by atoms with Crippen LogP contribution in [0.25, 0.3) is 5.52 Å². The molecule has 0 amide bonds. The summed E-state index contributed by atoms with van der Waals surface area (Å²) in [7, 11) is 0. The maximum atomic E-state index is 10.4. The molecule has 3 nitrogen and oxygen atoms in total. The van der Waals surface area contributed by atoms with Gasteiger partial charge >= 0.3 is 0 Å². The van der Waals surface area contributed by atoms with E-state index in [9.17, 15) is 4.79 Å². The number of pyridine rings is 1. The summed E-state index contributed by atoms with van der Waals surface area (Å²) in [4.78, 5) is 14.5. The molecule has 0 aliphatic carbocycles. The minimum Gasteiger partial charge on any atom is -0.303 e. The van der Waals surface area contributed by atoms with Crippen molar-refractivity contribution in [2.45, 2.75) is 6.42 Å². The third-order valence-corrected chi connectivity index (χ3v) is 2.48. The van der Waals surface area contributed by atoms with Crippen molar-refractivity contribution < 1.29 is 4.79 Å². The Kier molecular flexibility index (Phi) is 2.44. The molecule has 2 aromatic heterocycles. The lowest BCUT2D eigenvalue weighted by Gasteiger charge is -1.99. The second kappa shape index (κ2) is 3.59. The van der Waals surface area contributed by atoms with Crippen LogP contribution in [0.15, 0.2) is 18.2 Å². The summed E-state index contributed by atoms with van der Waals surface area (Å²) in [6.45, 7) is 0. The summed E-state index contributed by atoms with van der Waals surface area (Å²) in [5.41, 5.74) is 0.719.